The zero-order chi connectivity index (χ0) is 21.7. The number of sulfonamides is 1. The lowest BCUT2D eigenvalue weighted by atomic mass is 10.3. The molecule has 11 heteroatoms. The third-order valence-corrected chi connectivity index (χ3v) is 7.07. The van der Waals surface area contributed by atoms with E-state index in [0.717, 1.165) is 30.7 Å². The molecule has 0 amide bonds. The molecule has 1 aromatic heterocycles. The van der Waals surface area contributed by atoms with Gasteiger partial charge in [-0.15, -0.1) is 5.10 Å². The van der Waals surface area contributed by atoms with Gasteiger partial charge >= 0.3 is 0 Å². The predicted octanol–water partition coefficient (Wildman–Crippen LogP) is 4.03. The molecule has 3 aromatic rings. The molecular weight excluding hydrogens is 426 g/mol. The van der Waals surface area contributed by atoms with Crippen LogP contribution >= 0.6 is 11.8 Å². The number of benzene rings is 2. The van der Waals surface area contributed by atoms with Gasteiger partial charge in [0.25, 0.3) is 15.7 Å². The molecule has 0 fully saturated rings. The minimum atomic E-state index is -3.97. The second kappa shape index (κ2) is 9.26. The number of hydrogen-bond donors (Lipinski definition) is 1. The number of nitrogens with one attached hydrogen (secondary N) is 1. The highest BCUT2D eigenvalue weighted by Crippen LogP contribution is 2.35. The lowest BCUT2D eigenvalue weighted by Gasteiger charge is -2.22. The van der Waals surface area contributed by atoms with Crippen LogP contribution in [0.2, 0.25) is 0 Å². The molecule has 0 saturated heterocycles. The zero-order valence-corrected chi connectivity index (χ0v) is 18.1. The maximum Gasteiger partial charge on any atom is 0.284 e. The molecule has 0 bridgehead atoms. The number of rotatable bonds is 9. The van der Waals surface area contributed by atoms with Crippen LogP contribution in [0.5, 0.6) is 0 Å². The standard InChI is InChI=1S/C19H21N5O4S2/c1-3-8-18-20-19(22-21-18)29-17-12-11-15(13-16(17)24(25)26)30(27,28)23(4-2)14-9-6-5-7-10-14/h5-7,9-13H,3-4,8H2,1-2H3,(H,20,21,22). The summed E-state index contributed by atoms with van der Waals surface area (Å²) < 4.78 is 27.5. The molecule has 1 N–H and O–H groups in total. The quantitative estimate of drug-likeness (QED) is 0.388. The van der Waals surface area contributed by atoms with Crippen molar-refractivity contribution in [1.82, 2.24) is 15.2 Å². The van der Waals surface area contributed by atoms with E-state index < -0.39 is 14.9 Å². The molecule has 1 heterocycles. The summed E-state index contributed by atoms with van der Waals surface area (Å²) in [5.74, 6) is 0.697. The first-order chi connectivity index (χ1) is 14.4. The summed E-state index contributed by atoms with van der Waals surface area (Å²) in [7, 11) is -3.97. The minimum absolute atomic E-state index is 0.147. The van der Waals surface area contributed by atoms with Crippen LogP contribution in [0.25, 0.3) is 0 Å². The van der Waals surface area contributed by atoms with Gasteiger partial charge in [0.2, 0.25) is 5.16 Å². The molecule has 0 unspecified atom stereocenters. The Morgan fingerprint density at radius 1 is 1.17 bits per heavy atom. The molecule has 0 radical (unpaired) electrons. The number of aromatic amines is 1. The summed E-state index contributed by atoms with van der Waals surface area (Å²) in [5, 5.41) is 18.8. The Morgan fingerprint density at radius 3 is 2.53 bits per heavy atom. The lowest BCUT2D eigenvalue weighted by Crippen LogP contribution is -2.30. The summed E-state index contributed by atoms with van der Waals surface area (Å²) in [4.78, 5) is 15.5. The van der Waals surface area contributed by atoms with Crippen molar-refractivity contribution < 1.29 is 13.3 Å². The van der Waals surface area contributed by atoms with E-state index in [2.05, 4.69) is 15.2 Å². The molecule has 0 spiro atoms. The predicted molar refractivity (Wildman–Crippen MR) is 114 cm³/mol. The van der Waals surface area contributed by atoms with E-state index in [-0.39, 0.29) is 22.0 Å². The van der Waals surface area contributed by atoms with Gasteiger partial charge in [-0.1, -0.05) is 25.1 Å². The second-order valence-corrected chi connectivity index (χ2v) is 9.18. The van der Waals surface area contributed by atoms with Crippen molar-refractivity contribution in [2.24, 2.45) is 0 Å². The average molecular weight is 448 g/mol. The number of nitro groups is 1. The topological polar surface area (TPSA) is 122 Å². The van der Waals surface area contributed by atoms with Gasteiger partial charge in [-0.3, -0.25) is 19.5 Å². The van der Waals surface area contributed by atoms with Crippen LogP contribution in [0.3, 0.4) is 0 Å². The van der Waals surface area contributed by atoms with Crippen LogP contribution in [0.1, 0.15) is 26.1 Å². The highest BCUT2D eigenvalue weighted by Gasteiger charge is 2.27. The van der Waals surface area contributed by atoms with E-state index in [1.54, 1.807) is 37.3 Å². The van der Waals surface area contributed by atoms with Crippen LogP contribution in [0.15, 0.2) is 63.5 Å². The van der Waals surface area contributed by atoms with Crippen molar-refractivity contribution >= 4 is 33.2 Å². The van der Waals surface area contributed by atoms with Crippen LogP contribution in [0, 0.1) is 10.1 Å². The van der Waals surface area contributed by atoms with Crippen LogP contribution in [-0.2, 0) is 16.4 Å². The zero-order valence-electron chi connectivity index (χ0n) is 16.5. The van der Waals surface area contributed by atoms with Crippen molar-refractivity contribution in [3.63, 3.8) is 0 Å². The summed E-state index contributed by atoms with van der Waals surface area (Å²) in [5.41, 5.74) is 0.178. The number of H-pyrrole nitrogens is 1. The van der Waals surface area contributed by atoms with Gasteiger partial charge in [-0.25, -0.2) is 13.4 Å². The summed E-state index contributed by atoms with van der Waals surface area (Å²) in [6.45, 7) is 3.91. The number of para-hydroxylation sites is 1. The Kier molecular flexibility index (Phi) is 6.73. The first-order valence-electron chi connectivity index (χ1n) is 9.32. The Hall–Kier alpha value is -2.92. The molecule has 0 aliphatic rings. The lowest BCUT2D eigenvalue weighted by molar-refractivity contribution is -0.388. The molecule has 0 atom stereocenters. The van der Waals surface area contributed by atoms with Gasteiger partial charge in [0.15, 0.2) is 0 Å². The van der Waals surface area contributed by atoms with Crippen molar-refractivity contribution in [2.45, 2.75) is 41.6 Å². The first-order valence-corrected chi connectivity index (χ1v) is 11.6. The maximum atomic E-state index is 13.2. The highest BCUT2D eigenvalue weighted by atomic mass is 32.2. The normalized spacial score (nSPS) is 11.4. The summed E-state index contributed by atoms with van der Waals surface area (Å²) in [6, 6.07) is 12.5. The van der Waals surface area contributed by atoms with E-state index in [0.29, 0.717) is 16.7 Å². The Morgan fingerprint density at radius 2 is 1.90 bits per heavy atom. The Labute approximate surface area is 178 Å². The molecule has 30 heavy (non-hydrogen) atoms. The SMILES string of the molecule is CCCc1nc(Sc2ccc(S(=O)(=O)N(CC)c3ccccc3)cc2[N+](=O)[O-])n[nH]1. The first kappa shape index (κ1) is 21.8. The Balaban J connectivity index is 1.96. The molecule has 2 aromatic carbocycles. The molecule has 3 rings (SSSR count). The van der Waals surface area contributed by atoms with Crippen LogP contribution < -0.4 is 4.31 Å². The second-order valence-electron chi connectivity index (χ2n) is 6.31. The maximum absolute atomic E-state index is 13.2. The van der Waals surface area contributed by atoms with Gasteiger partial charge in [0, 0.05) is 19.0 Å². The van der Waals surface area contributed by atoms with Crippen molar-refractivity contribution in [3.05, 3.63) is 64.5 Å². The summed E-state index contributed by atoms with van der Waals surface area (Å²) in [6.07, 6.45) is 1.61. The minimum Gasteiger partial charge on any atom is -0.267 e. The number of anilines is 1. The number of nitro benzene ring substituents is 1. The van der Waals surface area contributed by atoms with E-state index in [4.69, 9.17) is 0 Å². The number of hydrogen-bond acceptors (Lipinski definition) is 7. The molecule has 0 aliphatic carbocycles. The van der Waals surface area contributed by atoms with Crippen LogP contribution in [-0.4, -0.2) is 35.1 Å². The molecule has 9 nitrogen and oxygen atoms in total. The van der Waals surface area contributed by atoms with Gasteiger partial charge < -0.3 is 0 Å². The fourth-order valence-electron chi connectivity index (χ4n) is 2.87. The molecule has 158 valence electrons. The third-order valence-electron chi connectivity index (χ3n) is 4.25. The third kappa shape index (κ3) is 4.62. The highest BCUT2D eigenvalue weighted by molar-refractivity contribution is 7.99. The average Bonchev–Trinajstić information content (AvgIpc) is 3.16. The number of aromatic nitrogens is 3. The van der Waals surface area contributed by atoms with Gasteiger partial charge in [0.05, 0.1) is 20.4 Å². The van der Waals surface area contributed by atoms with Gasteiger partial charge in [-0.2, -0.15) is 0 Å². The fourth-order valence-corrected chi connectivity index (χ4v) is 5.18. The smallest absolute Gasteiger partial charge is 0.267 e. The van der Waals surface area contributed by atoms with Crippen molar-refractivity contribution in [1.29, 1.82) is 0 Å². The monoisotopic (exact) mass is 447 g/mol. The molecular formula is C19H21N5O4S2. The largest absolute Gasteiger partial charge is 0.284 e. The van der Waals surface area contributed by atoms with Gasteiger partial charge in [-0.05, 0) is 49.4 Å². The summed E-state index contributed by atoms with van der Waals surface area (Å²) >= 11 is 1.02. The number of nitrogens with zero attached hydrogens (tertiary/aromatic N) is 4. The van der Waals surface area contributed by atoms with E-state index in [1.165, 1.54) is 16.4 Å². The fraction of sp³-hybridized carbons (Fsp3) is 0.263. The molecule has 0 aliphatic heterocycles. The van der Waals surface area contributed by atoms with Crippen molar-refractivity contribution in [2.75, 3.05) is 10.8 Å². The Bertz CT molecular complexity index is 1130. The van der Waals surface area contributed by atoms with Crippen LogP contribution in [0.4, 0.5) is 11.4 Å². The van der Waals surface area contributed by atoms with E-state index >= 15 is 0 Å². The van der Waals surface area contributed by atoms with E-state index in [1.807, 2.05) is 6.92 Å². The van der Waals surface area contributed by atoms with E-state index in [9.17, 15) is 18.5 Å². The number of aryl methyl sites for hydroxylation is 1. The van der Waals surface area contributed by atoms with Crippen molar-refractivity contribution in [3.8, 4) is 0 Å². The molecule has 0 saturated carbocycles. The van der Waals surface area contributed by atoms with Gasteiger partial charge in [0.1, 0.15) is 5.82 Å².